The predicted octanol–water partition coefficient (Wildman–Crippen LogP) is 0.444. The number of β-amino-alcohol motifs (C(OH)–C–C–N with tert-alkyl or cyclic N) is 1. The molecule has 7 heteroatoms. The molecule has 0 saturated carbocycles. The first kappa shape index (κ1) is 14.8. The van der Waals surface area contributed by atoms with E-state index in [2.05, 4.69) is 37.3 Å². The van der Waals surface area contributed by atoms with E-state index in [1.54, 1.807) is 7.05 Å². The zero-order valence-electron chi connectivity index (χ0n) is 13.3. The van der Waals surface area contributed by atoms with Crippen molar-refractivity contribution in [1.29, 1.82) is 0 Å². The molecule has 0 radical (unpaired) electrons. The number of aliphatic hydroxyl groups is 1. The first-order valence-electron chi connectivity index (χ1n) is 7.34. The van der Waals surface area contributed by atoms with Crippen LogP contribution < -0.4 is 10.6 Å². The van der Waals surface area contributed by atoms with E-state index in [1.807, 2.05) is 17.0 Å². The van der Waals surface area contributed by atoms with Gasteiger partial charge in [-0.15, -0.1) is 0 Å². The maximum Gasteiger partial charge on any atom is 0.368 e. The Kier molecular flexibility index (Phi) is 3.32. The van der Waals surface area contributed by atoms with Gasteiger partial charge in [-0.25, -0.2) is 4.79 Å². The van der Waals surface area contributed by atoms with Crippen molar-refractivity contribution < 1.29 is 5.11 Å². The van der Waals surface area contributed by atoms with Crippen molar-refractivity contribution in [2.45, 2.75) is 32.3 Å². The molecule has 0 atom stereocenters. The molecule has 1 aliphatic rings. The lowest BCUT2D eigenvalue weighted by atomic mass is 9.86. The third kappa shape index (κ3) is 2.41. The number of anilines is 1. The van der Waals surface area contributed by atoms with Crippen LogP contribution in [0.15, 0.2) is 23.0 Å². The van der Waals surface area contributed by atoms with Crippen LogP contribution in [0.25, 0.3) is 5.69 Å². The van der Waals surface area contributed by atoms with Crippen molar-refractivity contribution in [1.82, 2.24) is 19.8 Å². The standard InChI is InChI=1S/C15H21N5O2/c1-15(2,3)10-5-6-12(19-8-11(21)9-19)13(7-10)20-14(22)18(4)16-17-20/h5-7,11,21H,8-9H2,1-4H3. The van der Waals surface area contributed by atoms with Crippen LogP contribution in [0.2, 0.25) is 0 Å². The summed E-state index contributed by atoms with van der Waals surface area (Å²) in [6, 6.07) is 6.03. The fraction of sp³-hybridized carbons (Fsp3) is 0.533. The molecule has 1 fully saturated rings. The van der Waals surface area contributed by atoms with Crippen molar-refractivity contribution in [3.05, 3.63) is 34.2 Å². The largest absolute Gasteiger partial charge is 0.389 e. The number of hydrogen-bond acceptors (Lipinski definition) is 5. The van der Waals surface area contributed by atoms with Gasteiger partial charge in [0.2, 0.25) is 0 Å². The summed E-state index contributed by atoms with van der Waals surface area (Å²) < 4.78 is 2.52. The summed E-state index contributed by atoms with van der Waals surface area (Å²) in [6.07, 6.45) is -0.311. The van der Waals surface area contributed by atoms with Gasteiger partial charge in [0.25, 0.3) is 0 Å². The molecule has 0 amide bonds. The third-order valence-electron chi connectivity index (χ3n) is 3.99. The van der Waals surface area contributed by atoms with Crippen LogP contribution in [0.4, 0.5) is 5.69 Å². The number of nitrogens with zero attached hydrogens (tertiary/aromatic N) is 5. The zero-order chi connectivity index (χ0) is 16.1. The summed E-state index contributed by atoms with van der Waals surface area (Å²) >= 11 is 0. The van der Waals surface area contributed by atoms with E-state index in [4.69, 9.17) is 0 Å². The van der Waals surface area contributed by atoms with Crippen LogP contribution in [0, 0.1) is 0 Å². The molecule has 0 aliphatic carbocycles. The van der Waals surface area contributed by atoms with Gasteiger partial charge in [0, 0.05) is 20.1 Å². The van der Waals surface area contributed by atoms with E-state index in [-0.39, 0.29) is 17.2 Å². The Morgan fingerprint density at radius 2 is 1.86 bits per heavy atom. The van der Waals surface area contributed by atoms with Crippen LogP contribution >= 0.6 is 0 Å². The molecule has 1 aromatic heterocycles. The molecule has 0 spiro atoms. The highest BCUT2D eigenvalue weighted by atomic mass is 16.3. The minimum absolute atomic E-state index is 0.0342. The minimum atomic E-state index is -0.311. The number of aromatic nitrogens is 4. The van der Waals surface area contributed by atoms with Gasteiger partial charge in [-0.2, -0.15) is 9.36 Å². The molecule has 1 saturated heterocycles. The van der Waals surface area contributed by atoms with Gasteiger partial charge in [0.1, 0.15) is 0 Å². The smallest absolute Gasteiger partial charge is 0.368 e. The van der Waals surface area contributed by atoms with Gasteiger partial charge in [-0.3, -0.25) is 0 Å². The maximum absolute atomic E-state index is 12.2. The fourth-order valence-electron chi connectivity index (χ4n) is 2.54. The molecule has 118 valence electrons. The summed E-state index contributed by atoms with van der Waals surface area (Å²) in [4.78, 5) is 14.2. The van der Waals surface area contributed by atoms with Crippen LogP contribution in [0.1, 0.15) is 26.3 Å². The number of hydrogen-bond donors (Lipinski definition) is 1. The first-order valence-corrected chi connectivity index (χ1v) is 7.34. The summed E-state index contributed by atoms with van der Waals surface area (Å²) in [5.41, 5.74) is 2.39. The van der Waals surface area contributed by atoms with Gasteiger partial charge in [0.05, 0.1) is 17.5 Å². The van der Waals surface area contributed by atoms with Crippen molar-refractivity contribution in [2.24, 2.45) is 7.05 Å². The van der Waals surface area contributed by atoms with Crippen LogP contribution in [0.3, 0.4) is 0 Å². The number of tetrazole rings is 1. The lowest BCUT2D eigenvalue weighted by Gasteiger charge is -2.39. The molecule has 1 aliphatic heterocycles. The molecule has 1 aromatic carbocycles. The number of aryl methyl sites for hydroxylation is 1. The fourth-order valence-corrected chi connectivity index (χ4v) is 2.54. The van der Waals surface area contributed by atoms with Crippen molar-refractivity contribution in [3.8, 4) is 5.69 Å². The Bertz CT molecular complexity index is 750. The SMILES string of the molecule is Cn1nnn(-c2cc(C(C)(C)C)ccc2N2CC(O)C2)c1=O. The number of aliphatic hydroxyl groups excluding tert-OH is 1. The van der Waals surface area contributed by atoms with Crippen molar-refractivity contribution >= 4 is 5.69 Å². The van der Waals surface area contributed by atoms with Gasteiger partial charge in [-0.05, 0) is 33.5 Å². The topological polar surface area (TPSA) is 76.2 Å². The molecule has 22 heavy (non-hydrogen) atoms. The maximum atomic E-state index is 12.2. The van der Waals surface area contributed by atoms with E-state index in [1.165, 1.54) is 9.36 Å². The van der Waals surface area contributed by atoms with E-state index in [0.29, 0.717) is 18.8 Å². The van der Waals surface area contributed by atoms with Crippen molar-refractivity contribution in [2.75, 3.05) is 18.0 Å². The quantitative estimate of drug-likeness (QED) is 0.871. The molecule has 1 N–H and O–H groups in total. The molecule has 7 nitrogen and oxygen atoms in total. The molecule has 0 unspecified atom stereocenters. The molecule has 2 aromatic rings. The monoisotopic (exact) mass is 303 g/mol. The highest BCUT2D eigenvalue weighted by Crippen LogP contribution is 2.32. The predicted molar refractivity (Wildman–Crippen MR) is 83.5 cm³/mol. The Morgan fingerprint density at radius 3 is 2.36 bits per heavy atom. The average molecular weight is 303 g/mol. The Hall–Kier alpha value is -2.15. The number of benzene rings is 1. The Labute approximate surface area is 128 Å². The van der Waals surface area contributed by atoms with Crippen LogP contribution in [0.5, 0.6) is 0 Å². The summed E-state index contributed by atoms with van der Waals surface area (Å²) in [6.45, 7) is 7.50. The van der Waals surface area contributed by atoms with Gasteiger partial charge < -0.3 is 10.0 Å². The molecular formula is C15H21N5O2. The van der Waals surface area contributed by atoms with Crippen LogP contribution in [-0.4, -0.2) is 44.1 Å². The Morgan fingerprint density at radius 1 is 1.18 bits per heavy atom. The average Bonchev–Trinajstić information content (AvgIpc) is 2.74. The van der Waals surface area contributed by atoms with Crippen LogP contribution in [-0.2, 0) is 12.5 Å². The van der Waals surface area contributed by atoms with Gasteiger partial charge in [-0.1, -0.05) is 26.8 Å². The third-order valence-corrected chi connectivity index (χ3v) is 3.99. The summed E-state index contributed by atoms with van der Waals surface area (Å²) in [5, 5.41) is 17.3. The van der Waals surface area contributed by atoms with E-state index >= 15 is 0 Å². The molecular weight excluding hydrogens is 282 g/mol. The normalized spacial score (nSPS) is 16.0. The van der Waals surface area contributed by atoms with E-state index in [0.717, 1.165) is 11.3 Å². The lowest BCUT2D eigenvalue weighted by Crippen LogP contribution is -2.51. The molecule has 3 rings (SSSR count). The highest BCUT2D eigenvalue weighted by Gasteiger charge is 2.28. The van der Waals surface area contributed by atoms with Gasteiger partial charge >= 0.3 is 5.69 Å². The van der Waals surface area contributed by atoms with Crippen molar-refractivity contribution in [3.63, 3.8) is 0 Å². The van der Waals surface area contributed by atoms with E-state index in [9.17, 15) is 9.90 Å². The highest BCUT2D eigenvalue weighted by molar-refractivity contribution is 5.65. The second-order valence-corrected chi connectivity index (χ2v) is 6.81. The Balaban J connectivity index is 2.15. The molecule has 0 bridgehead atoms. The lowest BCUT2D eigenvalue weighted by molar-refractivity contribution is 0.142. The van der Waals surface area contributed by atoms with E-state index < -0.39 is 0 Å². The summed E-state index contributed by atoms with van der Waals surface area (Å²) in [7, 11) is 1.58. The minimum Gasteiger partial charge on any atom is -0.389 e. The summed E-state index contributed by atoms with van der Waals surface area (Å²) in [5.74, 6) is 0. The zero-order valence-corrected chi connectivity index (χ0v) is 13.3. The molecule has 2 heterocycles. The second kappa shape index (κ2) is 4.95. The van der Waals surface area contributed by atoms with Gasteiger partial charge in [0.15, 0.2) is 0 Å². The first-order chi connectivity index (χ1) is 10.3. The number of rotatable bonds is 2. The second-order valence-electron chi connectivity index (χ2n) is 6.81.